The van der Waals surface area contributed by atoms with Crippen LogP contribution in [0.25, 0.3) is 0 Å². The van der Waals surface area contributed by atoms with Gasteiger partial charge in [-0.1, -0.05) is 25.0 Å². The van der Waals surface area contributed by atoms with E-state index in [2.05, 4.69) is 24.3 Å². The first-order valence-corrected chi connectivity index (χ1v) is 6.85. The lowest BCUT2D eigenvalue weighted by molar-refractivity contribution is 0.0901. The Morgan fingerprint density at radius 1 is 1.32 bits per heavy atom. The Balaban J connectivity index is 2.02. The number of likely N-dealkylation sites (N-methyl/N-ethyl adjacent to an activating group) is 1. The molecule has 3 N–H and O–H groups in total. The lowest BCUT2D eigenvalue weighted by Crippen LogP contribution is -2.50. The van der Waals surface area contributed by atoms with Gasteiger partial charge in [0, 0.05) is 17.8 Å². The molecule has 0 saturated heterocycles. The standard InChI is InChI=1S/C15H23N3O/c1-18(2)15(9-5-6-10-15)11-17-14(19)12-7-3-4-8-13(12)16/h3-4,7-8H,5-6,9-11,16H2,1-2H3,(H,17,19). The fraction of sp³-hybridized carbons (Fsp3) is 0.533. The van der Waals surface area contributed by atoms with Gasteiger partial charge in [-0.2, -0.15) is 0 Å². The number of amides is 1. The lowest BCUT2D eigenvalue weighted by atomic mass is 9.96. The van der Waals surface area contributed by atoms with Gasteiger partial charge in [-0.05, 0) is 39.1 Å². The lowest BCUT2D eigenvalue weighted by Gasteiger charge is -2.36. The Hall–Kier alpha value is -1.55. The number of rotatable bonds is 4. The smallest absolute Gasteiger partial charge is 0.253 e. The van der Waals surface area contributed by atoms with Crippen molar-refractivity contribution in [3.63, 3.8) is 0 Å². The SMILES string of the molecule is CN(C)C1(CNC(=O)c2ccccc2N)CCCC1. The summed E-state index contributed by atoms with van der Waals surface area (Å²) in [6, 6.07) is 7.20. The number of hydrogen-bond acceptors (Lipinski definition) is 3. The van der Waals surface area contributed by atoms with Crippen LogP contribution in [0.2, 0.25) is 0 Å². The highest BCUT2D eigenvalue weighted by Gasteiger charge is 2.36. The van der Waals surface area contributed by atoms with Gasteiger partial charge in [-0.15, -0.1) is 0 Å². The molecule has 1 aromatic rings. The van der Waals surface area contributed by atoms with Gasteiger partial charge >= 0.3 is 0 Å². The number of benzene rings is 1. The number of nitrogens with zero attached hydrogens (tertiary/aromatic N) is 1. The first-order chi connectivity index (χ1) is 9.05. The summed E-state index contributed by atoms with van der Waals surface area (Å²) in [7, 11) is 4.18. The van der Waals surface area contributed by atoms with Crippen molar-refractivity contribution in [2.24, 2.45) is 0 Å². The molecular formula is C15H23N3O. The highest BCUT2D eigenvalue weighted by molar-refractivity contribution is 5.99. The molecule has 1 aliphatic carbocycles. The van der Waals surface area contributed by atoms with Crippen LogP contribution in [0.5, 0.6) is 0 Å². The molecule has 4 nitrogen and oxygen atoms in total. The van der Waals surface area contributed by atoms with E-state index >= 15 is 0 Å². The number of nitrogens with one attached hydrogen (secondary N) is 1. The molecule has 0 unspecified atom stereocenters. The highest BCUT2D eigenvalue weighted by Crippen LogP contribution is 2.33. The Labute approximate surface area is 115 Å². The summed E-state index contributed by atoms with van der Waals surface area (Å²) in [6.45, 7) is 0.688. The van der Waals surface area contributed by atoms with Gasteiger partial charge in [0.05, 0.1) is 5.56 Å². The van der Waals surface area contributed by atoms with E-state index in [1.165, 1.54) is 12.8 Å². The number of carbonyl (C=O) groups excluding carboxylic acids is 1. The van der Waals surface area contributed by atoms with Crippen molar-refractivity contribution in [2.45, 2.75) is 31.2 Å². The van der Waals surface area contributed by atoms with Crippen LogP contribution < -0.4 is 11.1 Å². The maximum absolute atomic E-state index is 12.2. The van der Waals surface area contributed by atoms with Crippen molar-refractivity contribution in [1.29, 1.82) is 0 Å². The third kappa shape index (κ3) is 2.89. The van der Waals surface area contributed by atoms with Gasteiger partial charge in [0.2, 0.25) is 0 Å². The normalized spacial score (nSPS) is 17.6. The van der Waals surface area contributed by atoms with Crippen LogP contribution in [-0.4, -0.2) is 37.0 Å². The minimum absolute atomic E-state index is 0.0776. The van der Waals surface area contributed by atoms with Crippen molar-refractivity contribution in [3.05, 3.63) is 29.8 Å². The monoisotopic (exact) mass is 261 g/mol. The summed E-state index contributed by atoms with van der Waals surface area (Å²) in [4.78, 5) is 14.4. The van der Waals surface area contributed by atoms with E-state index in [-0.39, 0.29) is 11.4 Å². The largest absolute Gasteiger partial charge is 0.398 e. The molecule has 1 saturated carbocycles. The Morgan fingerprint density at radius 2 is 1.95 bits per heavy atom. The molecule has 0 heterocycles. The molecule has 0 spiro atoms. The second-order valence-corrected chi connectivity index (χ2v) is 5.60. The molecule has 1 fully saturated rings. The molecule has 0 radical (unpaired) electrons. The van der Waals surface area contributed by atoms with Crippen LogP contribution in [0.15, 0.2) is 24.3 Å². The zero-order valence-corrected chi connectivity index (χ0v) is 11.8. The summed E-state index contributed by atoms with van der Waals surface area (Å²) in [5.74, 6) is -0.0776. The van der Waals surface area contributed by atoms with Crippen molar-refractivity contribution in [1.82, 2.24) is 10.2 Å². The molecule has 19 heavy (non-hydrogen) atoms. The number of hydrogen-bond donors (Lipinski definition) is 2. The van der Waals surface area contributed by atoms with Gasteiger partial charge in [-0.25, -0.2) is 0 Å². The second-order valence-electron chi connectivity index (χ2n) is 5.60. The molecule has 104 valence electrons. The molecular weight excluding hydrogens is 238 g/mol. The molecule has 2 rings (SSSR count). The zero-order valence-electron chi connectivity index (χ0n) is 11.8. The van der Waals surface area contributed by atoms with Gasteiger partial charge in [0.25, 0.3) is 5.91 Å². The molecule has 0 aromatic heterocycles. The third-order valence-electron chi connectivity index (χ3n) is 4.27. The first kappa shape index (κ1) is 13.9. The number of anilines is 1. The van der Waals surface area contributed by atoms with Gasteiger partial charge in [0.1, 0.15) is 0 Å². The number of para-hydroxylation sites is 1. The van der Waals surface area contributed by atoms with E-state index in [1.807, 2.05) is 12.1 Å². The minimum Gasteiger partial charge on any atom is -0.398 e. The van der Waals surface area contributed by atoms with E-state index in [0.29, 0.717) is 17.8 Å². The van der Waals surface area contributed by atoms with Crippen LogP contribution in [0.4, 0.5) is 5.69 Å². The predicted octanol–water partition coefficient (Wildman–Crippen LogP) is 1.87. The highest BCUT2D eigenvalue weighted by atomic mass is 16.1. The Morgan fingerprint density at radius 3 is 2.53 bits per heavy atom. The van der Waals surface area contributed by atoms with Gasteiger partial charge in [-0.3, -0.25) is 4.79 Å². The van der Waals surface area contributed by atoms with Crippen LogP contribution in [0.1, 0.15) is 36.0 Å². The molecule has 0 atom stereocenters. The summed E-state index contributed by atoms with van der Waals surface area (Å²) in [5.41, 5.74) is 7.03. The summed E-state index contributed by atoms with van der Waals surface area (Å²) in [5, 5.41) is 3.04. The summed E-state index contributed by atoms with van der Waals surface area (Å²) in [6.07, 6.45) is 4.76. The number of nitrogen functional groups attached to an aromatic ring is 1. The average Bonchev–Trinajstić information content (AvgIpc) is 2.86. The quantitative estimate of drug-likeness (QED) is 0.814. The molecule has 0 bridgehead atoms. The predicted molar refractivity (Wildman–Crippen MR) is 78.1 cm³/mol. The summed E-state index contributed by atoms with van der Waals surface area (Å²) >= 11 is 0. The molecule has 0 aliphatic heterocycles. The van der Waals surface area contributed by atoms with E-state index in [9.17, 15) is 4.79 Å². The summed E-state index contributed by atoms with van der Waals surface area (Å²) < 4.78 is 0. The van der Waals surface area contributed by atoms with Gasteiger partial charge < -0.3 is 16.0 Å². The molecule has 4 heteroatoms. The second kappa shape index (κ2) is 5.61. The average molecular weight is 261 g/mol. The van der Waals surface area contributed by atoms with Crippen LogP contribution in [-0.2, 0) is 0 Å². The third-order valence-corrected chi connectivity index (χ3v) is 4.27. The molecule has 1 aliphatic rings. The fourth-order valence-corrected chi connectivity index (χ4v) is 2.86. The van der Waals surface area contributed by atoms with Crippen molar-refractivity contribution < 1.29 is 4.79 Å². The van der Waals surface area contributed by atoms with Crippen molar-refractivity contribution >= 4 is 11.6 Å². The first-order valence-electron chi connectivity index (χ1n) is 6.85. The minimum atomic E-state index is -0.0776. The van der Waals surface area contributed by atoms with E-state index < -0.39 is 0 Å². The van der Waals surface area contributed by atoms with Crippen LogP contribution in [0, 0.1) is 0 Å². The van der Waals surface area contributed by atoms with Crippen molar-refractivity contribution in [2.75, 3.05) is 26.4 Å². The van der Waals surface area contributed by atoms with Gasteiger partial charge in [0.15, 0.2) is 0 Å². The fourth-order valence-electron chi connectivity index (χ4n) is 2.86. The van der Waals surface area contributed by atoms with E-state index in [4.69, 9.17) is 5.73 Å². The number of nitrogens with two attached hydrogens (primary N) is 1. The topological polar surface area (TPSA) is 58.4 Å². The van der Waals surface area contributed by atoms with Crippen LogP contribution in [0.3, 0.4) is 0 Å². The maximum Gasteiger partial charge on any atom is 0.253 e. The number of carbonyl (C=O) groups is 1. The Kier molecular flexibility index (Phi) is 4.10. The van der Waals surface area contributed by atoms with Crippen LogP contribution >= 0.6 is 0 Å². The molecule has 1 amide bonds. The van der Waals surface area contributed by atoms with Crippen molar-refractivity contribution in [3.8, 4) is 0 Å². The Bertz CT molecular complexity index is 450. The van der Waals surface area contributed by atoms with E-state index in [0.717, 1.165) is 12.8 Å². The zero-order chi connectivity index (χ0) is 13.9. The molecule has 1 aromatic carbocycles. The van der Waals surface area contributed by atoms with E-state index in [1.54, 1.807) is 12.1 Å². The maximum atomic E-state index is 12.2.